The van der Waals surface area contributed by atoms with Gasteiger partial charge in [0.2, 0.25) is 0 Å². The van der Waals surface area contributed by atoms with E-state index >= 15 is 0 Å². The maximum absolute atomic E-state index is 11.9. The van der Waals surface area contributed by atoms with Crippen molar-refractivity contribution in [3.63, 3.8) is 0 Å². The third-order valence-electron chi connectivity index (χ3n) is 2.78. The van der Waals surface area contributed by atoms with E-state index in [1.54, 1.807) is 11.3 Å². The Morgan fingerprint density at radius 1 is 1.36 bits per heavy atom. The van der Waals surface area contributed by atoms with Gasteiger partial charge in [0.15, 0.2) is 5.78 Å². The molecule has 0 aliphatic carbocycles. The molecule has 1 nitrogen and oxygen atoms in total. The van der Waals surface area contributed by atoms with Gasteiger partial charge >= 0.3 is 0 Å². The SMILES string of the molecule is CCC(CC)CC(=O)c1cscc1C. The van der Waals surface area contributed by atoms with E-state index in [4.69, 9.17) is 0 Å². The molecule has 1 heterocycles. The molecule has 0 saturated heterocycles. The highest BCUT2D eigenvalue weighted by atomic mass is 32.1. The van der Waals surface area contributed by atoms with Crippen LogP contribution in [0.4, 0.5) is 0 Å². The van der Waals surface area contributed by atoms with Crippen molar-refractivity contribution in [1.29, 1.82) is 0 Å². The molecule has 0 fully saturated rings. The highest BCUT2D eigenvalue weighted by Gasteiger charge is 2.14. The maximum Gasteiger partial charge on any atom is 0.164 e. The second-order valence-electron chi connectivity index (χ2n) is 3.78. The number of carbonyl (C=O) groups is 1. The van der Waals surface area contributed by atoms with Crippen LogP contribution in [-0.4, -0.2) is 5.78 Å². The average molecular weight is 210 g/mol. The first-order valence-electron chi connectivity index (χ1n) is 5.25. The van der Waals surface area contributed by atoms with Gasteiger partial charge in [-0.05, 0) is 23.8 Å². The van der Waals surface area contributed by atoms with Gasteiger partial charge in [-0.15, -0.1) is 0 Å². The van der Waals surface area contributed by atoms with Crippen LogP contribution < -0.4 is 0 Å². The molecule has 78 valence electrons. The molecule has 0 radical (unpaired) electrons. The van der Waals surface area contributed by atoms with Crippen molar-refractivity contribution in [2.24, 2.45) is 5.92 Å². The first kappa shape index (κ1) is 11.4. The molecule has 1 aromatic heterocycles. The van der Waals surface area contributed by atoms with Gasteiger partial charge in [0.1, 0.15) is 0 Å². The maximum atomic E-state index is 11.9. The fraction of sp³-hybridized carbons (Fsp3) is 0.583. The van der Waals surface area contributed by atoms with Crippen molar-refractivity contribution >= 4 is 17.1 Å². The average Bonchev–Trinajstić information content (AvgIpc) is 2.60. The topological polar surface area (TPSA) is 17.1 Å². The third-order valence-corrected chi connectivity index (χ3v) is 3.65. The molecule has 0 bridgehead atoms. The summed E-state index contributed by atoms with van der Waals surface area (Å²) < 4.78 is 0. The summed E-state index contributed by atoms with van der Waals surface area (Å²) in [4.78, 5) is 11.9. The molecular weight excluding hydrogens is 192 g/mol. The van der Waals surface area contributed by atoms with Crippen LogP contribution in [0.15, 0.2) is 10.8 Å². The largest absolute Gasteiger partial charge is 0.294 e. The molecule has 0 N–H and O–H groups in total. The molecule has 0 spiro atoms. The predicted octanol–water partition coefficient (Wildman–Crippen LogP) is 4.07. The van der Waals surface area contributed by atoms with E-state index in [0.717, 1.165) is 24.0 Å². The smallest absolute Gasteiger partial charge is 0.164 e. The third kappa shape index (κ3) is 2.68. The van der Waals surface area contributed by atoms with Crippen LogP contribution in [-0.2, 0) is 0 Å². The number of hydrogen-bond acceptors (Lipinski definition) is 2. The van der Waals surface area contributed by atoms with Crippen LogP contribution >= 0.6 is 11.3 Å². The van der Waals surface area contributed by atoms with Crippen LogP contribution in [0.25, 0.3) is 0 Å². The minimum Gasteiger partial charge on any atom is -0.294 e. The Balaban J connectivity index is 2.63. The van der Waals surface area contributed by atoms with E-state index in [9.17, 15) is 4.79 Å². The molecule has 0 aromatic carbocycles. The van der Waals surface area contributed by atoms with Crippen molar-refractivity contribution in [2.45, 2.75) is 40.0 Å². The zero-order valence-electron chi connectivity index (χ0n) is 9.17. The summed E-state index contributed by atoms with van der Waals surface area (Å²) in [5, 5.41) is 4.01. The molecule has 1 aromatic rings. The van der Waals surface area contributed by atoms with Crippen molar-refractivity contribution in [1.82, 2.24) is 0 Å². The number of hydrogen-bond donors (Lipinski definition) is 0. The fourth-order valence-corrected chi connectivity index (χ4v) is 2.45. The van der Waals surface area contributed by atoms with Crippen molar-refractivity contribution in [3.05, 3.63) is 21.9 Å². The summed E-state index contributed by atoms with van der Waals surface area (Å²) in [5.74, 6) is 0.874. The lowest BCUT2D eigenvalue weighted by Gasteiger charge is -2.10. The lowest BCUT2D eigenvalue weighted by molar-refractivity contribution is 0.0958. The molecule has 0 aliphatic heterocycles. The second-order valence-corrected chi connectivity index (χ2v) is 4.52. The molecule has 0 amide bonds. The highest BCUT2D eigenvalue weighted by molar-refractivity contribution is 7.08. The molecule has 1 rings (SSSR count). The van der Waals surface area contributed by atoms with E-state index in [2.05, 4.69) is 13.8 Å². The zero-order valence-corrected chi connectivity index (χ0v) is 9.99. The Morgan fingerprint density at radius 3 is 2.43 bits per heavy atom. The zero-order chi connectivity index (χ0) is 10.6. The number of Topliss-reactive ketones (excluding diaryl/α,β-unsaturated/α-hetero) is 1. The summed E-state index contributed by atoms with van der Waals surface area (Å²) >= 11 is 1.62. The summed E-state index contributed by atoms with van der Waals surface area (Å²) in [7, 11) is 0. The Kier molecular flexibility index (Phi) is 4.33. The Morgan fingerprint density at radius 2 is 2.00 bits per heavy atom. The summed E-state index contributed by atoms with van der Waals surface area (Å²) in [5.41, 5.74) is 2.06. The van der Waals surface area contributed by atoms with Gasteiger partial charge in [-0.3, -0.25) is 4.79 Å². The van der Waals surface area contributed by atoms with E-state index in [-0.39, 0.29) is 0 Å². The van der Waals surface area contributed by atoms with Gasteiger partial charge in [-0.25, -0.2) is 0 Å². The minimum absolute atomic E-state index is 0.317. The van der Waals surface area contributed by atoms with Gasteiger partial charge in [-0.2, -0.15) is 11.3 Å². The number of thiophene rings is 1. The molecular formula is C12H18OS. The summed E-state index contributed by atoms with van der Waals surface area (Å²) in [6.07, 6.45) is 2.92. The monoisotopic (exact) mass is 210 g/mol. The molecule has 0 unspecified atom stereocenters. The Hall–Kier alpha value is -0.630. The summed E-state index contributed by atoms with van der Waals surface area (Å²) in [6, 6.07) is 0. The molecule has 0 atom stereocenters. The number of aryl methyl sites for hydroxylation is 1. The Bertz CT molecular complexity index is 297. The number of ketones is 1. The molecule has 0 saturated carbocycles. The lowest BCUT2D eigenvalue weighted by atomic mass is 9.94. The summed E-state index contributed by atoms with van der Waals surface area (Å²) in [6.45, 7) is 6.32. The van der Waals surface area contributed by atoms with E-state index in [1.165, 1.54) is 0 Å². The van der Waals surface area contributed by atoms with Crippen molar-refractivity contribution < 1.29 is 4.79 Å². The minimum atomic E-state index is 0.317. The normalized spacial score (nSPS) is 10.9. The van der Waals surface area contributed by atoms with E-state index in [1.807, 2.05) is 17.7 Å². The predicted molar refractivity (Wildman–Crippen MR) is 62.1 cm³/mol. The van der Waals surface area contributed by atoms with Crippen LogP contribution in [0.2, 0.25) is 0 Å². The van der Waals surface area contributed by atoms with Crippen LogP contribution in [0.3, 0.4) is 0 Å². The van der Waals surface area contributed by atoms with Gasteiger partial charge in [0.05, 0.1) is 0 Å². The fourth-order valence-electron chi connectivity index (χ4n) is 1.60. The quantitative estimate of drug-likeness (QED) is 0.670. The van der Waals surface area contributed by atoms with Crippen LogP contribution in [0.5, 0.6) is 0 Å². The second kappa shape index (κ2) is 5.30. The first-order valence-corrected chi connectivity index (χ1v) is 6.19. The van der Waals surface area contributed by atoms with Gasteiger partial charge < -0.3 is 0 Å². The van der Waals surface area contributed by atoms with Gasteiger partial charge in [-0.1, -0.05) is 26.7 Å². The molecule has 14 heavy (non-hydrogen) atoms. The first-order chi connectivity index (χ1) is 6.69. The molecule has 2 heteroatoms. The van der Waals surface area contributed by atoms with Crippen LogP contribution in [0.1, 0.15) is 49.0 Å². The molecule has 0 aliphatic rings. The van der Waals surface area contributed by atoms with Gasteiger partial charge in [0, 0.05) is 17.4 Å². The number of rotatable bonds is 5. The van der Waals surface area contributed by atoms with E-state index in [0.29, 0.717) is 18.1 Å². The lowest BCUT2D eigenvalue weighted by Crippen LogP contribution is -2.07. The van der Waals surface area contributed by atoms with Gasteiger partial charge in [0.25, 0.3) is 0 Å². The van der Waals surface area contributed by atoms with E-state index < -0.39 is 0 Å². The van der Waals surface area contributed by atoms with Crippen molar-refractivity contribution in [2.75, 3.05) is 0 Å². The van der Waals surface area contributed by atoms with Crippen LogP contribution in [0, 0.1) is 12.8 Å². The van der Waals surface area contributed by atoms with Crippen molar-refractivity contribution in [3.8, 4) is 0 Å². The number of carbonyl (C=O) groups excluding carboxylic acids is 1. The standard InChI is InChI=1S/C12H18OS/c1-4-10(5-2)6-12(13)11-8-14-7-9(11)3/h7-8,10H,4-6H2,1-3H3. The highest BCUT2D eigenvalue weighted by Crippen LogP contribution is 2.20. The Labute approximate surface area is 90.2 Å².